The predicted octanol–water partition coefficient (Wildman–Crippen LogP) is 2.12. The van der Waals surface area contributed by atoms with Crippen molar-refractivity contribution in [1.82, 2.24) is 10.3 Å². The molecule has 1 aromatic rings. The number of carbonyl (C=O) groups is 1. The van der Waals surface area contributed by atoms with Gasteiger partial charge in [-0.25, -0.2) is 4.79 Å². The van der Waals surface area contributed by atoms with Crippen LogP contribution in [-0.2, 0) is 16.1 Å². The molecule has 0 saturated carbocycles. The van der Waals surface area contributed by atoms with Gasteiger partial charge in [0.25, 0.3) is 0 Å². The fraction of sp³-hybridized carbons (Fsp3) is 0.538. The van der Waals surface area contributed by atoms with Gasteiger partial charge >= 0.3 is 6.09 Å². The zero-order valence-corrected chi connectivity index (χ0v) is 11.1. The number of carbonyl (C=O) groups excluding carboxylic acids is 1. The summed E-state index contributed by atoms with van der Waals surface area (Å²) in [6, 6.07) is 3.80. The van der Waals surface area contributed by atoms with E-state index in [1.165, 1.54) is 0 Å². The lowest BCUT2D eigenvalue weighted by molar-refractivity contribution is 0.0494. The monoisotopic (exact) mass is 252 g/mol. The van der Waals surface area contributed by atoms with Crippen molar-refractivity contribution >= 4 is 6.09 Å². The quantitative estimate of drug-likeness (QED) is 0.815. The molecule has 0 fully saturated rings. The number of hydrogen-bond donors (Lipinski definition) is 1. The van der Waals surface area contributed by atoms with Crippen molar-refractivity contribution in [2.24, 2.45) is 0 Å². The molecule has 1 heterocycles. The second-order valence-corrected chi connectivity index (χ2v) is 4.84. The lowest BCUT2D eigenvalue weighted by atomic mass is 10.2. The summed E-state index contributed by atoms with van der Waals surface area (Å²) in [5.74, 6) is 0. The maximum atomic E-state index is 11.3. The van der Waals surface area contributed by atoms with Crippen molar-refractivity contribution in [3.8, 4) is 0 Å². The van der Waals surface area contributed by atoms with Crippen LogP contribution in [0.1, 0.15) is 26.3 Å². The Bertz CT molecular complexity index is 360. The van der Waals surface area contributed by atoms with Crippen LogP contribution in [0.2, 0.25) is 0 Å². The predicted molar refractivity (Wildman–Crippen MR) is 68.1 cm³/mol. The van der Waals surface area contributed by atoms with Crippen molar-refractivity contribution in [2.75, 3.05) is 13.2 Å². The van der Waals surface area contributed by atoms with E-state index in [2.05, 4.69) is 10.3 Å². The summed E-state index contributed by atoms with van der Waals surface area (Å²) in [6.45, 7) is 6.83. The molecule has 18 heavy (non-hydrogen) atoms. The SMILES string of the molecule is CC(C)(C)OC(=O)NCCOCc1cccnc1. The number of amides is 1. The summed E-state index contributed by atoms with van der Waals surface area (Å²) in [6.07, 6.45) is 3.04. The number of hydrogen-bond acceptors (Lipinski definition) is 4. The lowest BCUT2D eigenvalue weighted by Crippen LogP contribution is -2.34. The molecule has 0 radical (unpaired) electrons. The van der Waals surface area contributed by atoms with Gasteiger partial charge in [0.05, 0.1) is 13.2 Å². The third kappa shape index (κ3) is 6.85. The molecule has 0 aliphatic heterocycles. The van der Waals surface area contributed by atoms with Crippen LogP contribution in [0.3, 0.4) is 0 Å². The van der Waals surface area contributed by atoms with E-state index in [0.717, 1.165) is 5.56 Å². The van der Waals surface area contributed by atoms with E-state index >= 15 is 0 Å². The summed E-state index contributed by atoms with van der Waals surface area (Å²) < 4.78 is 10.5. The number of alkyl carbamates (subject to hydrolysis) is 1. The van der Waals surface area contributed by atoms with Gasteiger partial charge in [-0.1, -0.05) is 6.07 Å². The molecule has 0 spiro atoms. The third-order valence-corrected chi connectivity index (χ3v) is 1.91. The lowest BCUT2D eigenvalue weighted by Gasteiger charge is -2.19. The first-order chi connectivity index (χ1) is 8.47. The van der Waals surface area contributed by atoms with Gasteiger partial charge in [-0.15, -0.1) is 0 Å². The average molecular weight is 252 g/mol. The Kier molecular flexibility index (Phi) is 5.58. The fourth-order valence-electron chi connectivity index (χ4n) is 1.21. The van der Waals surface area contributed by atoms with E-state index < -0.39 is 11.7 Å². The van der Waals surface area contributed by atoms with Crippen molar-refractivity contribution in [1.29, 1.82) is 0 Å². The molecule has 5 heteroatoms. The van der Waals surface area contributed by atoms with Crippen LogP contribution < -0.4 is 5.32 Å². The number of aromatic nitrogens is 1. The molecule has 0 aliphatic rings. The van der Waals surface area contributed by atoms with Crippen LogP contribution in [0, 0.1) is 0 Å². The third-order valence-electron chi connectivity index (χ3n) is 1.91. The molecule has 1 aromatic heterocycles. The van der Waals surface area contributed by atoms with E-state index in [0.29, 0.717) is 19.8 Å². The largest absolute Gasteiger partial charge is 0.444 e. The molecule has 5 nitrogen and oxygen atoms in total. The molecule has 0 unspecified atom stereocenters. The molecule has 1 rings (SSSR count). The van der Waals surface area contributed by atoms with Gasteiger partial charge in [-0.2, -0.15) is 0 Å². The zero-order valence-electron chi connectivity index (χ0n) is 11.1. The number of nitrogens with one attached hydrogen (secondary N) is 1. The second-order valence-electron chi connectivity index (χ2n) is 4.84. The Hall–Kier alpha value is -1.62. The smallest absolute Gasteiger partial charge is 0.407 e. The van der Waals surface area contributed by atoms with Gasteiger partial charge in [-0.3, -0.25) is 4.98 Å². The summed E-state index contributed by atoms with van der Waals surface area (Å²) in [4.78, 5) is 15.3. The summed E-state index contributed by atoms with van der Waals surface area (Å²) in [5.41, 5.74) is 0.537. The number of nitrogens with zero attached hydrogens (tertiary/aromatic N) is 1. The zero-order chi connectivity index (χ0) is 13.4. The van der Waals surface area contributed by atoms with Crippen molar-refractivity contribution in [2.45, 2.75) is 33.0 Å². The molecule has 0 bridgehead atoms. The van der Waals surface area contributed by atoms with Crippen LogP contribution in [0.5, 0.6) is 0 Å². The first-order valence-corrected chi connectivity index (χ1v) is 5.91. The minimum atomic E-state index is -0.472. The average Bonchev–Trinajstić information content (AvgIpc) is 2.27. The Balaban J connectivity index is 2.07. The minimum absolute atomic E-state index is 0.424. The molecule has 1 N–H and O–H groups in total. The maximum absolute atomic E-state index is 11.3. The molecule has 0 saturated heterocycles. The van der Waals surface area contributed by atoms with Crippen molar-refractivity contribution in [3.05, 3.63) is 30.1 Å². The molecule has 100 valence electrons. The van der Waals surface area contributed by atoms with E-state index in [9.17, 15) is 4.79 Å². The fourth-order valence-corrected chi connectivity index (χ4v) is 1.21. The summed E-state index contributed by atoms with van der Waals surface area (Å²) in [7, 11) is 0. The minimum Gasteiger partial charge on any atom is -0.444 e. The van der Waals surface area contributed by atoms with E-state index in [4.69, 9.17) is 9.47 Å². The highest BCUT2D eigenvalue weighted by Crippen LogP contribution is 2.06. The van der Waals surface area contributed by atoms with E-state index in [-0.39, 0.29) is 0 Å². The first kappa shape index (κ1) is 14.4. The van der Waals surface area contributed by atoms with Gasteiger partial charge < -0.3 is 14.8 Å². The molecular weight excluding hydrogens is 232 g/mol. The first-order valence-electron chi connectivity index (χ1n) is 5.91. The Morgan fingerprint density at radius 1 is 1.44 bits per heavy atom. The Labute approximate surface area is 108 Å². The molecule has 1 amide bonds. The van der Waals surface area contributed by atoms with Gasteiger partial charge in [0, 0.05) is 18.9 Å². The molecule has 0 aromatic carbocycles. The Morgan fingerprint density at radius 2 is 2.22 bits per heavy atom. The number of ether oxygens (including phenoxy) is 2. The Morgan fingerprint density at radius 3 is 2.83 bits per heavy atom. The summed E-state index contributed by atoms with van der Waals surface area (Å²) in [5, 5.41) is 2.62. The van der Waals surface area contributed by atoms with E-state index in [1.807, 2.05) is 32.9 Å². The van der Waals surface area contributed by atoms with Gasteiger partial charge in [-0.05, 0) is 32.4 Å². The van der Waals surface area contributed by atoms with Crippen LogP contribution in [-0.4, -0.2) is 29.8 Å². The number of rotatable bonds is 5. The van der Waals surface area contributed by atoms with Crippen LogP contribution >= 0.6 is 0 Å². The second kappa shape index (κ2) is 6.96. The van der Waals surface area contributed by atoms with Crippen molar-refractivity contribution < 1.29 is 14.3 Å². The van der Waals surface area contributed by atoms with Crippen LogP contribution in [0.4, 0.5) is 4.79 Å². The van der Waals surface area contributed by atoms with Gasteiger partial charge in [0.1, 0.15) is 5.60 Å². The molecule has 0 atom stereocenters. The van der Waals surface area contributed by atoms with Crippen LogP contribution in [0.25, 0.3) is 0 Å². The molecular formula is C13H20N2O3. The normalized spacial score (nSPS) is 11.1. The van der Waals surface area contributed by atoms with Gasteiger partial charge in [0.15, 0.2) is 0 Å². The highest BCUT2D eigenvalue weighted by molar-refractivity contribution is 5.67. The van der Waals surface area contributed by atoms with Crippen LogP contribution in [0.15, 0.2) is 24.5 Å². The maximum Gasteiger partial charge on any atom is 0.407 e. The van der Waals surface area contributed by atoms with Crippen molar-refractivity contribution in [3.63, 3.8) is 0 Å². The highest BCUT2D eigenvalue weighted by atomic mass is 16.6. The highest BCUT2D eigenvalue weighted by Gasteiger charge is 2.15. The summed E-state index contributed by atoms with van der Waals surface area (Å²) >= 11 is 0. The topological polar surface area (TPSA) is 60.5 Å². The molecule has 0 aliphatic carbocycles. The van der Waals surface area contributed by atoms with Gasteiger partial charge in [0.2, 0.25) is 0 Å². The van der Waals surface area contributed by atoms with E-state index in [1.54, 1.807) is 12.4 Å². The number of pyridine rings is 1. The standard InChI is InChI=1S/C13H20N2O3/c1-13(2,3)18-12(16)15-7-8-17-10-11-5-4-6-14-9-11/h4-6,9H,7-8,10H2,1-3H3,(H,15,16).